The number of hydrogen-bond donors (Lipinski definition) is 1. The van der Waals surface area contributed by atoms with Gasteiger partial charge in [0.2, 0.25) is 5.91 Å². The van der Waals surface area contributed by atoms with Gasteiger partial charge in [-0.1, -0.05) is 12.5 Å². The molecule has 1 atom stereocenters. The molecule has 1 amide bonds. The summed E-state index contributed by atoms with van der Waals surface area (Å²) in [6.07, 6.45) is 4.42. The molecule has 5 rings (SSSR count). The van der Waals surface area contributed by atoms with Crippen molar-refractivity contribution >= 4 is 5.91 Å². The number of H-pyrrole nitrogens is 1. The summed E-state index contributed by atoms with van der Waals surface area (Å²) in [5.74, 6) is -0.615. The number of aromatic amines is 1. The minimum atomic E-state index is -0.844. The lowest BCUT2D eigenvalue weighted by atomic mass is 9.84. The molecule has 1 aromatic heterocycles. The Balaban J connectivity index is 1.29. The van der Waals surface area contributed by atoms with Crippen LogP contribution in [0.3, 0.4) is 0 Å². The van der Waals surface area contributed by atoms with E-state index < -0.39 is 11.6 Å². The lowest BCUT2D eigenvalue weighted by Gasteiger charge is -2.34. The number of fused-ring (bicyclic) bond motifs is 1. The summed E-state index contributed by atoms with van der Waals surface area (Å²) in [7, 11) is 0. The first kappa shape index (κ1) is 20.3. The molecule has 2 aromatic rings. The van der Waals surface area contributed by atoms with E-state index in [2.05, 4.69) is 9.88 Å². The Morgan fingerprint density at radius 2 is 2.00 bits per heavy atom. The SMILES string of the molecule is O=C(C1CCC1)N1CCc2c(nc([C@H]3CCN(Cc4ccc(F)c(F)c4)C3)[nH]c2=O)C1. The van der Waals surface area contributed by atoms with E-state index in [4.69, 9.17) is 4.98 Å². The van der Waals surface area contributed by atoms with Gasteiger partial charge in [0.25, 0.3) is 5.56 Å². The minimum absolute atomic E-state index is 0.0704. The molecule has 0 spiro atoms. The number of likely N-dealkylation sites (tertiary alicyclic amines) is 1. The number of nitrogens with zero attached hydrogens (tertiary/aromatic N) is 3. The molecule has 3 heterocycles. The van der Waals surface area contributed by atoms with Gasteiger partial charge >= 0.3 is 0 Å². The number of rotatable bonds is 4. The first-order valence-corrected chi connectivity index (χ1v) is 11.0. The van der Waals surface area contributed by atoms with E-state index >= 15 is 0 Å². The van der Waals surface area contributed by atoms with Gasteiger partial charge in [-0.3, -0.25) is 14.5 Å². The maximum atomic E-state index is 13.5. The third-order valence-electron chi connectivity index (χ3n) is 6.91. The fraction of sp³-hybridized carbons (Fsp3) is 0.522. The predicted octanol–water partition coefficient (Wildman–Crippen LogP) is 2.72. The predicted molar refractivity (Wildman–Crippen MR) is 110 cm³/mol. The molecule has 2 fully saturated rings. The summed E-state index contributed by atoms with van der Waals surface area (Å²) in [6, 6.07) is 3.98. The van der Waals surface area contributed by atoms with Gasteiger partial charge in [0, 0.05) is 37.0 Å². The molecule has 31 heavy (non-hydrogen) atoms. The monoisotopic (exact) mass is 428 g/mol. The van der Waals surface area contributed by atoms with Gasteiger partial charge in [-0.2, -0.15) is 0 Å². The van der Waals surface area contributed by atoms with E-state index in [1.807, 2.05) is 4.90 Å². The van der Waals surface area contributed by atoms with Gasteiger partial charge in [0.1, 0.15) is 5.82 Å². The van der Waals surface area contributed by atoms with Gasteiger partial charge in [-0.25, -0.2) is 13.8 Å². The summed E-state index contributed by atoms with van der Waals surface area (Å²) in [4.78, 5) is 37.0. The van der Waals surface area contributed by atoms with Crippen molar-refractivity contribution in [3.05, 3.63) is 62.8 Å². The number of halogens is 2. The van der Waals surface area contributed by atoms with Crippen LogP contribution < -0.4 is 5.56 Å². The molecule has 1 aromatic carbocycles. The van der Waals surface area contributed by atoms with Crippen molar-refractivity contribution in [2.75, 3.05) is 19.6 Å². The fourth-order valence-electron chi connectivity index (χ4n) is 4.85. The Kier molecular flexibility index (Phi) is 5.33. The molecule has 1 N–H and O–H groups in total. The van der Waals surface area contributed by atoms with E-state index in [-0.39, 0.29) is 23.3 Å². The van der Waals surface area contributed by atoms with Gasteiger partial charge in [0.05, 0.1) is 12.2 Å². The molecule has 8 heteroatoms. The number of nitrogens with one attached hydrogen (secondary N) is 1. The molecule has 1 saturated heterocycles. The van der Waals surface area contributed by atoms with Crippen molar-refractivity contribution < 1.29 is 13.6 Å². The maximum Gasteiger partial charge on any atom is 0.254 e. The zero-order valence-electron chi connectivity index (χ0n) is 17.4. The highest BCUT2D eigenvalue weighted by molar-refractivity contribution is 5.79. The van der Waals surface area contributed by atoms with Crippen LogP contribution in [0.1, 0.15) is 54.2 Å². The summed E-state index contributed by atoms with van der Waals surface area (Å²) in [5, 5.41) is 0. The number of carbonyl (C=O) groups is 1. The molecule has 0 bridgehead atoms. The molecular weight excluding hydrogens is 402 g/mol. The standard InChI is InChI=1S/C23H26F2N4O2/c24-18-5-4-14(10-19(18)25)11-28-8-6-16(12-28)21-26-20-13-29(23(31)15-2-1-3-15)9-7-17(20)22(30)27-21/h4-5,10,15-16H,1-3,6-9,11-13H2,(H,26,27,30)/t16-/m0/s1. The summed E-state index contributed by atoms with van der Waals surface area (Å²) in [5.41, 5.74) is 2.03. The van der Waals surface area contributed by atoms with Crippen LogP contribution in [0.25, 0.3) is 0 Å². The minimum Gasteiger partial charge on any atom is -0.336 e. The first-order chi connectivity index (χ1) is 15.0. The van der Waals surface area contributed by atoms with Crippen LogP contribution in [0.15, 0.2) is 23.0 Å². The maximum absolute atomic E-state index is 13.5. The molecular formula is C23H26F2N4O2. The second-order valence-electron chi connectivity index (χ2n) is 8.98. The molecule has 3 aliphatic rings. The van der Waals surface area contributed by atoms with Gasteiger partial charge in [-0.15, -0.1) is 0 Å². The Hall–Kier alpha value is -2.61. The zero-order valence-corrected chi connectivity index (χ0v) is 17.4. The van der Waals surface area contributed by atoms with Crippen molar-refractivity contribution in [3.8, 4) is 0 Å². The average Bonchev–Trinajstić information content (AvgIpc) is 3.17. The number of carbonyl (C=O) groups excluding carboxylic acids is 1. The first-order valence-electron chi connectivity index (χ1n) is 11.0. The smallest absolute Gasteiger partial charge is 0.254 e. The molecule has 6 nitrogen and oxygen atoms in total. The van der Waals surface area contributed by atoms with Gasteiger partial charge < -0.3 is 9.88 Å². The Bertz CT molecular complexity index is 1070. The number of benzene rings is 1. The second kappa shape index (κ2) is 8.15. The lowest BCUT2D eigenvalue weighted by molar-refractivity contribution is -0.139. The van der Waals surface area contributed by atoms with Crippen LogP contribution in [0.4, 0.5) is 8.78 Å². The molecule has 1 saturated carbocycles. The van der Waals surface area contributed by atoms with Crippen LogP contribution in [-0.2, 0) is 24.3 Å². The van der Waals surface area contributed by atoms with Crippen LogP contribution in [0.2, 0.25) is 0 Å². The lowest BCUT2D eigenvalue weighted by Crippen LogP contribution is -2.43. The molecule has 164 valence electrons. The highest BCUT2D eigenvalue weighted by Gasteiger charge is 2.33. The highest BCUT2D eigenvalue weighted by Crippen LogP contribution is 2.30. The van der Waals surface area contributed by atoms with Crippen molar-refractivity contribution in [2.24, 2.45) is 5.92 Å². The average molecular weight is 428 g/mol. The zero-order chi connectivity index (χ0) is 21.5. The van der Waals surface area contributed by atoms with Crippen LogP contribution in [-0.4, -0.2) is 45.3 Å². The normalized spacial score (nSPS) is 21.7. The summed E-state index contributed by atoms with van der Waals surface area (Å²) in [6.45, 7) is 2.99. The van der Waals surface area contributed by atoms with Crippen molar-refractivity contribution in [1.29, 1.82) is 0 Å². The van der Waals surface area contributed by atoms with Crippen LogP contribution >= 0.6 is 0 Å². The van der Waals surface area contributed by atoms with Crippen molar-refractivity contribution in [3.63, 3.8) is 0 Å². The van der Waals surface area contributed by atoms with Crippen LogP contribution in [0.5, 0.6) is 0 Å². The van der Waals surface area contributed by atoms with E-state index in [0.717, 1.165) is 49.6 Å². The summed E-state index contributed by atoms with van der Waals surface area (Å²) < 4.78 is 26.7. The van der Waals surface area contributed by atoms with E-state index in [1.54, 1.807) is 6.07 Å². The molecule has 1 aliphatic carbocycles. The Labute approximate surface area is 179 Å². The van der Waals surface area contributed by atoms with E-state index in [9.17, 15) is 18.4 Å². The number of aromatic nitrogens is 2. The molecule has 0 radical (unpaired) electrons. The highest BCUT2D eigenvalue weighted by atomic mass is 19.2. The van der Waals surface area contributed by atoms with E-state index in [1.165, 1.54) is 6.07 Å². The third kappa shape index (κ3) is 4.01. The van der Waals surface area contributed by atoms with Crippen molar-refractivity contribution in [1.82, 2.24) is 19.8 Å². The topological polar surface area (TPSA) is 69.3 Å². The molecule has 2 aliphatic heterocycles. The Morgan fingerprint density at radius 1 is 1.16 bits per heavy atom. The van der Waals surface area contributed by atoms with E-state index in [0.29, 0.717) is 44.0 Å². The largest absolute Gasteiger partial charge is 0.336 e. The molecule has 0 unspecified atom stereocenters. The fourth-order valence-corrected chi connectivity index (χ4v) is 4.85. The van der Waals surface area contributed by atoms with Crippen LogP contribution in [0, 0.1) is 17.6 Å². The van der Waals surface area contributed by atoms with Gasteiger partial charge in [0.15, 0.2) is 11.6 Å². The summed E-state index contributed by atoms with van der Waals surface area (Å²) >= 11 is 0. The third-order valence-corrected chi connectivity index (χ3v) is 6.91. The number of amides is 1. The van der Waals surface area contributed by atoms with Gasteiger partial charge in [-0.05, 0) is 49.9 Å². The number of hydrogen-bond acceptors (Lipinski definition) is 4. The second-order valence-corrected chi connectivity index (χ2v) is 8.98. The quantitative estimate of drug-likeness (QED) is 0.813. The Morgan fingerprint density at radius 3 is 2.74 bits per heavy atom. The van der Waals surface area contributed by atoms with Crippen molar-refractivity contribution in [2.45, 2.75) is 51.1 Å².